The molecular formula is C28H31NO4. The Kier molecular flexibility index (Phi) is 7.18. The fraction of sp³-hybridized carbons (Fsp3) is 0.321. The Morgan fingerprint density at radius 2 is 1.61 bits per heavy atom. The van der Waals surface area contributed by atoms with Crippen molar-refractivity contribution in [1.82, 2.24) is 4.90 Å². The second kappa shape index (κ2) is 10.4. The maximum atomic E-state index is 13.4. The van der Waals surface area contributed by atoms with E-state index in [1.54, 1.807) is 0 Å². The first-order chi connectivity index (χ1) is 16.0. The molecular weight excluding hydrogens is 414 g/mol. The molecule has 0 saturated heterocycles. The van der Waals surface area contributed by atoms with E-state index in [1.165, 1.54) is 5.56 Å². The molecule has 0 aliphatic carbocycles. The van der Waals surface area contributed by atoms with Crippen LogP contribution in [0, 0.1) is 0 Å². The smallest absolute Gasteiger partial charge is 0.254 e. The Labute approximate surface area is 195 Å². The highest BCUT2D eigenvalue weighted by Crippen LogP contribution is 2.34. The molecule has 0 bridgehead atoms. The summed E-state index contributed by atoms with van der Waals surface area (Å²) in [6.45, 7) is 7.62. The monoisotopic (exact) mass is 445 g/mol. The standard InChI is InChI=1S/C28H31NO4/c1-4-31-23-10-12-24(13-11-23)32-19-27-26-15-14-25(33-20(2)3)18-22(26)16-17-29(27)28(30)21-8-6-5-7-9-21/h5-15,18,20,27H,4,16-17,19H2,1-3H3. The molecule has 172 valence electrons. The highest BCUT2D eigenvalue weighted by molar-refractivity contribution is 5.94. The van der Waals surface area contributed by atoms with Gasteiger partial charge in [-0.3, -0.25) is 4.79 Å². The number of rotatable bonds is 8. The third kappa shape index (κ3) is 5.48. The summed E-state index contributed by atoms with van der Waals surface area (Å²) < 4.78 is 17.6. The van der Waals surface area contributed by atoms with Crippen molar-refractivity contribution < 1.29 is 19.0 Å². The lowest BCUT2D eigenvalue weighted by Crippen LogP contribution is -2.42. The van der Waals surface area contributed by atoms with Gasteiger partial charge in [-0.1, -0.05) is 24.3 Å². The average Bonchev–Trinajstić information content (AvgIpc) is 2.83. The molecule has 3 aromatic carbocycles. The van der Waals surface area contributed by atoms with Gasteiger partial charge in [0.25, 0.3) is 5.91 Å². The molecule has 1 heterocycles. The zero-order chi connectivity index (χ0) is 23.2. The highest BCUT2D eigenvalue weighted by atomic mass is 16.5. The minimum Gasteiger partial charge on any atom is -0.494 e. The van der Waals surface area contributed by atoms with Gasteiger partial charge in [0.2, 0.25) is 0 Å². The molecule has 5 nitrogen and oxygen atoms in total. The van der Waals surface area contributed by atoms with Crippen molar-refractivity contribution in [3.8, 4) is 17.2 Å². The SMILES string of the molecule is CCOc1ccc(OCC2c3ccc(OC(C)C)cc3CCN2C(=O)c2ccccc2)cc1. The van der Waals surface area contributed by atoms with Crippen LogP contribution in [0.4, 0.5) is 0 Å². The number of carbonyl (C=O) groups is 1. The van der Waals surface area contributed by atoms with Crippen molar-refractivity contribution in [2.75, 3.05) is 19.8 Å². The van der Waals surface area contributed by atoms with Gasteiger partial charge in [-0.2, -0.15) is 0 Å². The van der Waals surface area contributed by atoms with Gasteiger partial charge in [0.15, 0.2) is 0 Å². The van der Waals surface area contributed by atoms with E-state index in [0.29, 0.717) is 25.3 Å². The van der Waals surface area contributed by atoms with E-state index in [-0.39, 0.29) is 18.1 Å². The minimum absolute atomic E-state index is 0.0176. The maximum Gasteiger partial charge on any atom is 0.254 e. The molecule has 0 aromatic heterocycles. The van der Waals surface area contributed by atoms with Gasteiger partial charge in [0.05, 0.1) is 18.8 Å². The molecule has 33 heavy (non-hydrogen) atoms. The van der Waals surface area contributed by atoms with Crippen LogP contribution in [0.2, 0.25) is 0 Å². The molecule has 0 radical (unpaired) electrons. The van der Waals surface area contributed by atoms with Crippen LogP contribution >= 0.6 is 0 Å². The van der Waals surface area contributed by atoms with Gasteiger partial charge in [-0.05, 0) is 86.8 Å². The summed E-state index contributed by atoms with van der Waals surface area (Å²) in [5.41, 5.74) is 2.99. The van der Waals surface area contributed by atoms with Gasteiger partial charge < -0.3 is 19.1 Å². The summed E-state index contributed by atoms with van der Waals surface area (Å²) in [4.78, 5) is 15.3. The third-order valence-electron chi connectivity index (χ3n) is 5.67. The van der Waals surface area contributed by atoms with E-state index in [9.17, 15) is 4.79 Å². The molecule has 0 saturated carbocycles. The van der Waals surface area contributed by atoms with Gasteiger partial charge >= 0.3 is 0 Å². The molecule has 1 unspecified atom stereocenters. The van der Waals surface area contributed by atoms with Crippen LogP contribution in [0.15, 0.2) is 72.8 Å². The number of hydrogen-bond acceptors (Lipinski definition) is 4. The van der Waals surface area contributed by atoms with Crippen molar-refractivity contribution in [3.05, 3.63) is 89.5 Å². The van der Waals surface area contributed by atoms with Crippen LogP contribution in [0.25, 0.3) is 0 Å². The van der Waals surface area contributed by atoms with E-state index in [0.717, 1.165) is 29.2 Å². The maximum absolute atomic E-state index is 13.4. The van der Waals surface area contributed by atoms with E-state index in [4.69, 9.17) is 14.2 Å². The fourth-order valence-corrected chi connectivity index (χ4v) is 4.18. The topological polar surface area (TPSA) is 48.0 Å². The van der Waals surface area contributed by atoms with Crippen molar-refractivity contribution >= 4 is 5.91 Å². The van der Waals surface area contributed by atoms with Gasteiger partial charge in [-0.25, -0.2) is 0 Å². The van der Waals surface area contributed by atoms with Crippen molar-refractivity contribution in [2.45, 2.75) is 39.3 Å². The van der Waals surface area contributed by atoms with E-state index in [1.807, 2.05) is 86.3 Å². The summed E-state index contributed by atoms with van der Waals surface area (Å²) in [7, 11) is 0. The largest absolute Gasteiger partial charge is 0.494 e. The first-order valence-electron chi connectivity index (χ1n) is 11.6. The third-order valence-corrected chi connectivity index (χ3v) is 5.67. The Hall–Kier alpha value is -3.47. The number of ether oxygens (including phenoxy) is 3. The van der Waals surface area contributed by atoms with Crippen LogP contribution < -0.4 is 14.2 Å². The first-order valence-corrected chi connectivity index (χ1v) is 11.6. The summed E-state index contributed by atoms with van der Waals surface area (Å²) in [6, 6.07) is 23.0. The zero-order valence-electron chi connectivity index (χ0n) is 19.5. The summed E-state index contributed by atoms with van der Waals surface area (Å²) >= 11 is 0. The average molecular weight is 446 g/mol. The number of fused-ring (bicyclic) bond motifs is 1. The summed E-state index contributed by atoms with van der Waals surface area (Å²) in [5.74, 6) is 2.44. The molecule has 5 heteroatoms. The van der Waals surface area contributed by atoms with Crippen LogP contribution in [-0.4, -0.2) is 36.7 Å². The number of amides is 1. The van der Waals surface area contributed by atoms with Gasteiger partial charge in [0.1, 0.15) is 23.9 Å². The van der Waals surface area contributed by atoms with E-state index < -0.39 is 0 Å². The molecule has 1 aliphatic heterocycles. The number of nitrogens with zero attached hydrogens (tertiary/aromatic N) is 1. The summed E-state index contributed by atoms with van der Waals surface area (Å²) in [5, 5.41) is 0. The second-order valence-corrected chi connectivity index (χ2v) is 8.37. The van der Waals surface area contributed by atoms with Crippen molar-refractivity contribution in [2.24, 2.45) is 0 Å². The first kappa shape index (κ1) is 22.7. The fourth-order valence-electron chi connectivity index (χ4n) is 4.18. The van der Waals surface area contributed by atoms with Crippen molar-refractivity contribution in [1.29, 1.82) is 0 Å². The predicted molar refractivity (Wildman–Crippen MR) is 129 cm³/mol. The number of benzene rings is 3. The molecule has 3 aromatic rings. The number of carbonyl (C=O) groups excluding carboxylic acids is 1. The Morgan fingerprint density at radius 3 is 2.27 bits per heavy atom. The number of hydrogen-bond donors (Lipinski definition) is 0. The van der Waals surface area contributed by atoms with Crippen LogP contribution in [0.3, 0.4) is 0 Å². The molecule has 0 N–H and O–H groups in total. The lowest BCUT2D eigenvalue weighted by molar-refractivity contribution is 0.0589. The Morgan fingerprint density at radius 1 is 0.939 bits per heavy atom. The molecule has 1 amide bonds. The summed E-state index contributed by atoms with van der Waals surface area (Å²) in [6.07, 6.45) is 0.893. The molecule has 0 spiro atoms. The Bertz CT molecular complexity index is 1060. The minimum atomic E-state index is -0.193. The lowest BCUT2D eigenvalue weighted by Gasteiger charge is -2.37. The van der Waals surface area contributed by atoms with E-state index >= 15 is 0 Å². The molecule has 1 aliphatic rings. The highest BCUT2D eigenvalue weighted by Gasteiger charge is 2.32. The zero-order valence-corrected chi connectivity index (χ0v) is 19.5. The van der Waals surface area contributed by atoms with E-state index in [2.05, 4.69) is 12.1 Å². The lowest BCUT2D eigenvalue weighted by atomic mass is 9.92. The van der Waals surface area contributed by atoms with Crippen molar-refractivity contribution in [3.63, 3.8) is 0 Å². The second-order valence-electron chi connectivity index (χ2n) is 8.37. The van der Waals surface area contributed by atoms with Gasteiger partial charge in [-0.15, -0.1) is 0 Å². The van der Waals surface area contributed by atoms with Crippen LogP contribution in [0.5, 0.6) is 17.2 Å². The van der Waals surface area contributed by atoms with Crippen LogP contribution in [-0.2, 0) is 6.42 Å². The van der Waals surface area contributed by atoms with Gasteiger partial charge in [0, 0.05) is 12.1 Å². The molecule has 4 rings (SSSR count). The predicted octanol–water partition coefficient (Wildman–Crippen LogP) is 5.69. The molecule has 1 atom stereocenters. The Balaban J connectivity index is 1.59. The molecule has 0 fully saturated rings. The quantitative estimate of drug-likeness (QED) is 0.447. The normalized spacial score (nSPS) is 15.2. The van der Waals surface area contributed by atoms with Crippen LogP contribution in [0.1, 0.15) is 48.3 Å².